The predicted octanol–water partition coefficient (Wildman–Crippen LogP) is 4.16. The predicted molar refractivity (Wildman–Crippen MR) is 102 cm³/mol. The summed E-state index contributed by atoms with van der Waals surface area (Å²) in [4.78, 5) is 16.6. The van der Waals surface area contributed by atoms with Gasteiger partial charge in [-0.15, -0.1) is 21.5 Å². The van der Waals surface area contributed by atoms with E-state index < -0.39 is 0 Å². The van der Waals surface area contributed by atoms with E-state index in [4.69, 9.17) is 0 Å². The number of rotatable bonds is 5. The average molecular weight is 374 g/mol. The lowest BCUT2D eigenvalue weighted by Crippen LogP contribution is -2.12. The Morgan fingerprint density at radius 3 is 2.56 bits per heavy atom. The van der Waals surface area contributed by atoms with Crippen LogP contribution in [0.1, 0.15) is 41.8 Å². The lowest BCUT2D eigenvalue weighted by Gasteiger charge is -2.12. The van der Waals surface area contributed by atoms with E-state index in [0.29, 0.717) is 22.5 Å². The molecule has 25 heavy (non-hydrogen) atoms. The number of carbonyl (C=O) groups excluding carboxylic acids is 1. The second kappa shape index (κ2) is 7.28. The molecular formula is C17H19N5OS2. The molecule has 0 spiro atoms. The first-order valence-electron chi connectivity index (χ1n) is 7.80. The fraction of sp³-hybridized carbons (Fsp3) is 0.294. The minimum absolute atomic E-state index is 0.0875. The Labute approximate surface area is 154 Å². The molecule has 0 aliphatic heterocycles. The Kier molecular flexibility index (Phi) is 5.10. The number of hydrogen-bond acceptors (Lipinski definition) is 7. The summed E-state index contributed by atoms with van der Waals surface area (Å²) < 4.78 is 0. The van der Waals surface area contributed by atoms with Gasteiger partial charge in [0.1, 0.15) is 10.7 Å². The van der Waals surface area contributed by atoms with Crippen molar-refractivity contribution in [1.82, 2.24) is 15.2 Å². The molecule has 0 fully saturated rings. The average Bonchev–Trinajstić information content (AvgIpc) is 3.23. The number of amides is 1. The molecular weight excluding hydrogens is 354 g/mol. The maximum Gasteiger partial charge on any atom is 0.277 e. The standard InChI is InChI=1S/C17H19N5OS2/c1-17(2,3)14-21-22-16(25-14)20-13(23)12-10-24-15(19-12)18-9-11-7-5-4-6-8-11/h4-8,10H,9H2,1-3H3,(H,18,19)(H,20,22,23). The molecule has 0 unspecified atom stereocenters. The van der Waals surface area contributed by atoms with Gasteiger partial charge in [-0.3, -0.25) is 10.1 Å². The van der Waals surface area contributed by atoms with Crippen LogP contribution >= 0.6 is 22.7 Å². The van der Waals surface area contributed by atoms with E-state index in [1.165, 1.54) is 22.7 Å². The van der Waals surface area contributed by atoms with Gasteiger partial charge >= 0.3 is 0 Å². The molecule has 3 rings (SSSR count). The number of nitrogens with zero attached hydrogens (tertiary/aromatic N) is 3. The lowest BCUT2D eigenvalue weighted by molar-refractivity contribution is 0.102. The number of nitrogens with one attached hydrogen (secondary N) is 2. The van der Waals surface area contributed by atoms with Crippen LogP contribution in [0.15, 0.2) is 35.7 Å². The number of anilines is 2. The normalized spacial score (nSPS) is 11.3. The fourth-order valence-corrected chi connectivity index (χ4v) is 3.46. The van der Waals surface area contributed by atoms with Crippen LogP contribution in [0, 0.1) is 0 Å². The van der Waals surface area contributed by atoms with Crippen molar-refractivity contribution in [2.24, 2.45) is 0 Å². The van der Waals surface area contributed by atoms with Gasteiger partial charge in [-0.05, 0) is 5.56 Å². The highest BCUT2D eigenvalue weighted by Gasteiger charge is 2.20. The van der Waals surface area contributed by atoms with Crippen molar-refractivity contribution in [3.63, 3.8) is 0 Å². The molecule has 0 saturated heterocycles. The van der Waals surface area contributed by atoms with Gasteiger partial charge in [-0.1, -0.05) is 62.4 Å². The van der Waals surface area contributed by atoms with Gasteiger partial charge in [0.05, 0.1) is 0 Å². The van der Waals surface area contributed by atoms with Gasteiger partial charge in [-0.2, -0.15) is 0 Å². The Hall–Kier alpha value is -2.32. The number of benzene rings is 1. The SMILES string of the molecule is CC(C)(C)c1nnc(NC(=O)c2csc(NCc3ccccc3)n2)s1. The van der Waals surface area contributed by atoms with E-state index in [2.05, 4.69) is 46.6 Å². The highest BCUT2D eigenvalue weighted by molar-refractivity contribution is 7.15. The molecule has 1 aromatic carbocycles. The smallest absolute Gasteiger partial charge is 0.277 e. The fourth-order valence-electron chi connectivity index (χ4n) is 1.97. The van der Waals surface area contributed by atoms with Crippen LogP contribution in [-0.2, 0) is 12.0 Å². The molecule has 1 amide bonds. The second-order valence-corrected chi connectivity index (χ2v) is 8.33. The van der Waals surface area contributed by atoms with Gasteiger partial charge in [-0.25, -0.2) is 4.98 Å². The monoisotopic (exact) mass is 373 g/mol. The van der Waals surface area contributed by atoms with Crippen LogP contribution in [0.4, 0.5) is 10.3 Å². The van der Waals surface area contributed by atoms with Crippen molar-refractivity contribution < 1.29 is 4.79 Å². The third-order valence-corrected chi connectivity index (χ3v) is 5.37. The number of carbonyl (C=O) groups is 1. The third kappa shape index (κ3) is 4.61. The Morgan fingerprint density at radius 2 is 1.88 bits per heavy atom. The van der Waals surface area contributed by atoms with E-state index in [0.717, 1.165) is 10.6 Å². The van der Waals surface area contributed by atoms with E-state index in [9.17, 15) is 4.79 Å². The molecule has 2 aromatic heterocycles. The van der Waals surface area contributed by atoms with Crippen LogP contribution in [-0.4, -0.2) is 21.1 Å². The Bertz CT molecular complexity index is 851. The summed E-state index contributed by atoms with van der Waals surface area (Å²) in [5, 5.41) is 17.9. The lowest BCUT2D eigenvalue weighted by atomic mass is 9.98. The van der Waals surface area contributed by atoms with Crippen LogP contribution in [0.2, 0.25) is 0 Å². The molecule has 6 nitrogen and oxygen atoms in total. The van der Waals surface area contributed by atoms with Crippen molar-refractivity contribution in [1.29, 1.82) is 0 Å². The maximum atomic E-state index is 12.3. The zero-order chi connectivity index (χ0) is 17.9. The maximum absolute atomic E-state index is 12.3. The van der Waals surface area contributed by atoms with E-state index in [1.807, 2.05) is 30.3 Å². The number of thiazole rings is 1. The summed E-state index contributed by atoms with van der Waals surface area (Å²) in [6.07, 6.45) is 0. The minimum atomic E-state index is -0.277. The first-order chi connectivity index (χ1) is 11.9. The highest BCUT2D eigenvalue weighted by Crippen LogP contribution is 2.28. The van der Waals surface area contributed by atoms with Gasteiger partial charge in [0, 0.05) is 17.3 Å². The van der Waals surface area contributed by atoms with Crippen molar-refractivity contribution >= 4 is 38.8 Å². The summed E-state index contributed by atoms with van der Waals surface area (Å²) in [6, 6.07) is 10.0. The molecule has 130 valence electrons. The molecule has 0 radical (unpaired) electrons. The summed E-state index contributed by atoms with van der Waals surface area (Å²) in [5.74, 6) is -0.277. The number of aromatic nitrogens is 3. The van der Waals surface area contributed by atoms with Crippen LogP contribution in [0.25, 0.3) is 0 Å². The molecule has 0 aliphatic carbocycles. The van der Waals surface area contributed by atoms with Gasteiger partial charge in [0.15, 0.2) is 5.13 Å². The summed E-state index contributed by atoms with van der Waals surface area (Å²) in [5.41, 5.74) is 1.44. The molecule has 8 heteroatoms. The molecule has 0 aliphatic rings. The van der Waals surface area contributed by atoms with Crippen LogP contribution < -0.4 is 10.6 Å². The van der Waals surface area contributed by atoms with E-state index >= 15 is 0 Å². The molecule has 0 atom stereocenters. The summed E-state index contributed by atoms with van der Waals surface area (Å²) in [6.45, 7) is 6.85. The van der Waals surface area contributed by atoms with E-state index in [-0.39, 0.29) is 11.3 Å². The van der Waals surface area contributed by atoms with Crippen LogP contribution in [0.5, 0.6) is 0 Å². The molecule has 0 bridgehead atoms. The zero-order valence-corrected chi connectivity index (χ0v) is 15.9. The highest BCUT2D eigenvalue weighted by atomic mass is 32.1. The summed E-state index contributed by atoms with van der Waals surface area (Å²) in [7, 11) is 0. The first-order valence-corrected chi connectivity index (χ1v) is 9.50. The van der Waals surface area contributed by atoms with Gasteiger partial charge in [0.25, 0.3) is 5.91 Å². The molecule has 0 saturated carbocycles. The molecule has 3 aromatic rings. The topological polar surface area (TPSA) is 79.8 Å². The quantitative estimate of drug-likeness (QED) is 0.702. The Balaban J connectivity index is 1.60. The van der Waals surface area contributed by atoms with Crippen molar-refractivity contribution in [3.05, 3.63) is 52.0 Å². The van der Waals surface area contributed by atoms with Crippen molar-refractivity contribution in [2.75, 3.05) is 10.6 Å². The zero-order valence-electron chi connectivity index (χ0n) is 14.2. The summed E-state index contributed by atoms with van der Waals surface area (Å²) >= 11 is 2.78. The molecule has 2 heterocycles. The molecule has 2 N–H and O–H groups in total. The Morgan fingerprint density at radius 1 is 1.12 bits per heavy atom. The largest absolute Gasteiger partial charge is 0.357 e. The van der Waals surface area contributed by atoms with E-state index in [1.54, 1.807) is 5.38 Å². The van der Waals surface area contributed by atoms with Crippen molar-refractivity contribution in [2.45, 2.75) is 32.7 Å². The second-order valence-electron chi connectivity index (χ2n) is 6.49. The van der Waals surface area contributed by atoms with Crippen molar-refractivity contribution in [3.8, 4) is 0 Å². The minimum Gasteiger partial charge on any atom is -0.357 e. The van der Waals surface area contributed by atoms with Gasteiger partial charge in [0.2, 0.25) is 5.13 Å². The van der Waals surface area contributed by atoms with Crippen LogP contribution in [0.3, 0.4) is 0 Å². The third-order valence-electron chi connectivity index (χ3n) is 3.31. The number of hydrogen-bond donors (Lipinski definition) is 2. The first kappa shape index (κ1) is 17.5. The van der Waals surface area contributed by atoms with Gasteiger partial charge < -0.3 is 5.32 Å².